The molecule has 37 heavy (non-hydrogen) atoms. The molecule has 0 amide bonds. The molecule has 1 aromatic rings. The van der Waals surface area contributed by atoms with Gasteiger partial charge in [0.25, 0.3) is 0 Å². The van der Waals surface area contributed by atoms with Crippen LogP contribution in [0.2, 0.25) is 0 Å². The fraction of sp³-hybridized carbons (Fsp3) is 0.622. The number of hydrogen-bond acceptors (Lipinski definition) is 0. The lowest BCUT2D eigenvalue weighted by atomic mass is 10.1. The zero-order valence-electron chi connectivity index (χ0n) is 31.3. The molecular weight excluding hydrogens is 444 g/mol. The van der Waals surface area contributed by atoms with Crippen molar-refractivity contribution >= 4 is 0 Å². The van der Waals surface area contributed by atoms with Crippen molar-refractivity contribution in [1.29, 1.82) is 0 Å². The van der Waals surface area contributed by atoms with Gasteiger partial charge in [0.05, 0.1) is 0 Å². The van der Waals surface area contributed by atoms with Crippen molar-refractivity contribution in [3.63, 3.8) is 0 Å². The summed E-state index contributed by atoms with van der Waals surface area (Å²) in [5.41, 5.74) is 7.61. The van der Waals surface area contributed by atoms with Gasteiger partial charge in [-0.05, 0) is 73.4 Å². The molecule has 0 fully saturated rings. The van der Waals surface area contributed by atoms with Crippen LogP contribution in [0.5, 0.6) is 0 Å². The maximum absolute atomic E-state index is 3.56. The second kappa shape index (κ2) is 102. The van der Waals surface area contributed by atoms with Crippen LogP contribution in [-0.4, -0.2) is 0 Å². The van der Waals surface area contributed by atoms with Crippen molar-refractivity contribution in [3.05, 3.63) is 84.5 Å². The van der Waals surface area contributed by atoms with Gasteiger partial charge in [-0.2, -0.15) is 0 Å². The Hall–Kier alpha value is -1.82. The van der Waals surface area contributed by atoms with Crippen LogP contribution < -0.4 is 0 Å². The number of rotatable bonds is 0. The van der Waals surface area contributed by atoms with Gasteiger partial charge in [-0.15, -0.1) is 32.9 Å². The zero-order valence-corrected chi connectivity index (χ0v) is 31.3. The molecule has 0 aliphatic rings. The van der Waals surface area contributed by atoms with Crippen molar-refractivity contribution in [3.8, 4) is 0 Å². The van der Waals surface area contributed by atoms with E-state index in [1.807, 2.05) is 138 Å². The Kier molecular flexibility index (Phi) is 194. The van der Waals surface area contributed by atoms with Gasteiger partial charge in [0, 0.05) is 0 Å². The topological polar surface area (TPSA) is 0 Å². The molecule has 0 heteroatoms. The van der Waals surface area contributed by atoms with Crippen LogP contribution in [0.4, 0.5) is 0 Å². The van der Waals surface area contributed by atoms with Crippen LogP contribution in [0, 0.1) is 20.8 Å². The number of benzene rings is 1. The van der Waals surface area contributed by atoms with Crippen LogP contribution in [-0.2, 0) is 0 Å². The van der Waals surface area contributed by atoms with Crippen LogP contribution in [0.3, 0.4) is 0 Å². The lowest BCUT2D eigenvalue weighted by molar-refractivity contribution is 1.30. The molecule has 0 aromatic heterocycles. The van der Waals surface area contributed by atoms with Gasteiger partial charge in [0.15, 0.2) is 0 Å². The van der Waals surface area contributed by atoms with Crippen LogP contribution in [0.25, 0.3) is 0 Å². The fourth-order valence-electron chi connectivity index (χ4n) is 0.891. The molecule has 0 saturated heterocycles. The van der Waals surface area contributed by atoms with Gasteiger partial charge in [0.1, 0.15) is 0 Å². The molecule has 230 valence electrons. The molecule has 0 unspecified atom stereocenters. The highest BCUT2D eigenvalue weighted by Crippen LogP contribution is 2.07. The molecule has 1 aromatic carbocycles. The Morgan fingerprint density at radius 1 is 0.405 bits per heavy atom. The van der Waals surface area contributed by atoms with Gasteiger partial charge in [-0.1, -0.05) is 137 Å². The van der Waals surface area contributed by atoms with E-state index in [1.54, 1.807) is 0 Å². The Bertz CT molecular complexity index is 407. The van der Waals surface area contributed by atoms with Crippen LogP contribution >= 0.6 is 0 Å². The number of allylic oxidation sites excluding steroid dienone is 3. The largest absolute Gasteiger partial charge is 0.106 e. The summed E-state index contributed by atoms with van der Waals surface area (Å²) in [6.45, 7) is 62.9. The van der Waals surface area contributed by atoms with E-state index >= 15 is 0 Å². The predicted molar refractivity (Wildman–Crippen MR) is 193 cm³/mol. The Morgan fingerprint density at radius 2 is 0.568 bits per heavy atom. The standard InChI is InChI=1S/C9H12.3C4H8.7C2H6.C2H4/c1-7-4-5-8(2)9(3)6-7;3*1-4(2)3;8*1-2/h4-6H,1-3H3;3*1H2,2-3H3;7*1-2H3;1-2H2. The van der Waals surface area contributed by atoms with Crippen molar-refractivity contribution in [2.45, 2.75) is 159 Å². The molecule has 0 radical (unpaired) electrons. The maximum Gasteiger partial charge on any atom is -0.0395 e. The lowest BCUT2D eigenvalue weighted by Crippen LogP contribution is -1.79. The van der Waals surface area contributed by atoms with E-state index < -0.39 is 0 Å². The average Bonchev–Trinajstić information content (AvgIpc) is 2.90. The monoisotopic (exact) mass is 527 g/mol. The predicted octanol–water partition coefficient (Wildman–Crippen LogP) is 15.3. The van der Waals surface area contributed by atoms with E-state index in [2.05, 4.69) is 71.9 Å². The summed E-state index contributed by atoms with van der Waals surface area (Å²) in [7, 11) is 0. The van der Waals surface area contributed by atoms with Gasteiger partial charge in [-0.3, -0.25) is 0 Å². The molecule has 0 heterocycles. The Morgan fingerprint density at radius 3 is 0.676 bits per heavy atom. The minimum Gasteiger partial charge on any atom is -0.106 e. The molecule has 0 N–H and O–H groups in total. The third-order valence-corrected chi connectivity index (χ3v) is 1.66. The van der Waals surface area contributed by atoms with Crippen LogP contribution in [0.1, 0.15) is 155 Å². The minimum absolute atomic E-state index is 1.17. The molecular formula is C37H82. The van der Waals surface area contributed by atoms with Crippen molar-refractivity contribution in [1.82, 2.24) is 0 Å². The molecule has 0 saturated carbocycles. The highest BCUT2D eigenvalue weighted by Gasteiger charge is 1.89. The van der Waals surface area contributed by atoms with Gasteiger partial charge < -0.3 is 0 Å². The summed E-state index contributed by atoms with van der Waals surface area (Å²) in [5, 5.41) is 0. The van der Waals surface area contributed by atoms with Gasteiger partial charge >= 0.3 is 0 Å². The quantitative estimate of drug-likeness (QED) is 0.295. The second-order valence-corrected chi connectivity index (χ2v) is 6.21. The zero-order chi connectivity index (χ0) is 33.6. The van der Waals surface area contributed by atoms with Crippen LogP contribution in [0.15, 0.2) is 67.8 Å². The Labute approximate surface area is 243 Å². The molecule has 0 aliphatic carbocycles. The first kappa shape index (κ1) is 70.3. The average molecular weight is 527 g/mol. The smallest absolute Gasteiger partial charge is 0.0395 e. The first-order valence-corrected chi connectivity index (χ1v) is 14.8. The molecule has 0 atom stereocenters. The van der Waals surface area contributed by atoms with Gasteiger partial charge in [-0.25, -0.2) is 0 Å². The van der Waals surface area contributed by atoms with E-state index in [0.717, 1.165) is 0 Å². The lowest BCUT2D eigenvalue weighted by Gasteiger charge is -1.98. The van der Waals surface area contributed by atoms with Crippen molar-refractivity contribution < 1.29 is 0 Å². The van der Waals surface area contributed by atoms with E-state index in [1.165, 1.54) is 33.4 Å². The number of aryl methyl sites for hydroxylation is 3. The SMILES string of the molecule is C=C.C=C(C)C.C=C(C)C.C=C(C)C.CC.CC.CC.CC.CC.CC.CC.Cc1ccc(C)c(C)c1. The Balaban J connectivity index is -0.0000000238. The minimum atomic E-state index is 1.17. The first-order chi connectivity index (χ1) is 17.4. The highest BCUT2D eigenvalue weighted by atomic mass is 13.9. The van der Waals surface area contributed by atoms with E-state index in [9.17, 15) is 0 Å². The van der Waals surface area contributed by atoms with E-state index in [4.69, 9.17) is 0 Å². The van der Waals surface area contributed by atoms with Crippen molar-refractivity contribution in [2.75, 3.05) is 0 Å². The summed E-state index contributed by atoms with van der Waals surface area (Å²) < 4.78 is 0. The summed E-state index contributed by atoms with van der Waals surface area (Å²) in [4.78, 5) is 0. The summed E-state index contributed by atoms with van der Waals surface area (Å²) >= 11 is 0. The molecule has 0 nitrogen and oxygen atoms in total. The molecule has 1 rings (SSSR count). The number of hydrogen-bond donors (Lipinski definition) is 0. The normalized spacial score (nSPS) is 5.70. The van der Waals surface area contributed by atoms with E-state index in [-0.39, 0.29) is 0 Å². The molecule has 0 spiro atoms. The summed E-state index contributed by atoms with van der Waals surface area (Å²) in [6, 6.07) is 6.50. The maximum atomic E-state index is 3.56. The molecule has 0 aliphatic heterocycles. The first-order valence-electron chi connectivity index (χ1n) is 14.8. The third kappa shape index (κ3) is 283. The fourth-order valence-corrected chi connectivity index (χ4v) is 0.891. The summed E-state index contributed by atoms with van der Waals surface area (Å²) in [5.74, 6) is 0. The second-order valence-electron chi connectivity index (χ2n) is 6.21. The summed E-state index contributed by atoms with van der Waals surface area (Å²) in [6.07, 6.45) is 0. The van der Waals surface area contributed by atoms with Gasteiger partial charge in [0.2, 0.25) is 0 Å². The highest BCUT2D eigenvalue weighted by molar-refractivity contribution is 5.28. The third-order valence-electron chi connectivity index (χ3n) is 1.66. The van der Waals surface area contributed by atoms with E-state index in [0.29, 0.717) is 0 Å². The molecule has 0 bridgehead atoms. The van der Waals surface area contributed by atoms with Crippen molar-refractivity contribution in [2.24, 2.45) is 0 Å².